The Morgan fingerprint density at radius 2 is 2.26 bits per heavy atom. The summed E-state index contributed by atoms with van der Waals surface area (Å²) in [6, 6.07) is 3.84. The van der Waals surface area contributed by atoms with Crippen LogP contribution < -0.4 is 10.5 Å². The summed E-state index contributed by atoms with van der Waals surface area (Å²) in [4.78, 5) is 6.57. The minimum Gasteiger partial charge on any atom is -0.492 e. The van der Waals surface area contributed by atoms with Crippen LogP contribution in [-0.2, 0) is 0 Å². The molecule has 0 bridgehead atoms. The molecule has 2 rings (SSSR count). The van der Waals surface area contributed by atoms with E-state index in [1.165, 1.54) is 25.9 Å². The van der Waals surface area contributed by atoms with Crippen molar-refractivity contribution in [3.63, 3.8) is 0 Å². The van der Waals surface area contributed by atoms with Crippen LogP contribution in [0, 0.1) is 11.8 Å². The molecule has 1 aromatic heterocycles. The number of hydrogen-bond acceptors (Lipinski definition) is 4. The summed E-state index contributed by atoms with van der Waals surface area (Å²) in [5.41, 5.74) is 5.93. The maximum Gasteiger partial charge on any atom is 0.137 e. The van der Waals surface area contributed by atoms with Crippen molar-refractivity contribution in [1.82, 2.24) is 9.88 Å². The molecule has 2 heterocycles. The number of nitrogens with two attached hydrogens (primary N) is 1. The van der Waals surface area contributed by atoms with Gasteiger partial charge in [-0.05, 0) is 57.1 Å². The van der Waals surface area contributed by atoms with Crippen LogP contribution in [0.5, 0.6) is 5.75 Å². The predicted molar refractivity (Wildman–Crippen MR) is 77.1 cm³/mol. The number of rotatable bonds is 6. The lowest BCUT2D eigenvalue weighted by Crippen LogP contribution is -2.39. The predicted octanol–water partition coefficient (Wildman–Crippen LogP) is 1.77. The summed E-state index contributed by atoms with van der Waals surface area (Å²) in [7, 11) is 0. The molecule has 1 unspecified atom stereocenters. The lowest BCUT2D eigenvalue weighted by atomic mass is 9.84. The van der Waals surface area contributed by atoms with E-state index in [2.05, 4.69) is 16.8 Å². The molecule has 1 aliphatic heterocycles. The van der Waals surface area contributed by atoms with Gasteiger partial charge in [0.1, 0.15) is 5.75 Å². The number of piperidine rings is 1. The first-order valence-corrected chi connectivity index (χ1v) is 7.28. The number of nitrogens with zero attached hydrogens (tertiary/aromatic N) is 2. The van der Waals surface area contributed by atoms with Gasteiger partial charge in [0.15, 0.2) is 0 Å². The molecule has 0 spiro atoms. The van der Waals surface area contributed by atoms with E-state index in [9.17, 15) is 0 Å². The topological polar surface area (TPSA) is 51.4 Å². The lowest BCUT2D eigenvalue weighted by molar-refractivity contribution is 0.121. The molecule has 0 aromatic carbocycles. The molecule has 1 fully saturated rings. The number of hydrogen-bond donors (Lipinski definition) is 1. The number of ether oxygens (including phenoxy) is 1. The van der Waals surface area contributed by atoms with Crippen molar-refractivity contribution in [2.45, 2.75) is 19.8 Å². The standard InChI is InChI=1S/C15H25N3O/c1-2-18-8-5-13(6-9-18)14(10-16)12-19-15-4-3-7-17-11-15/h3-4,7,11,13-14H,2,5-6,8-10,12,16H2,1H3. The van der Waals surface area contributed by atoms with Crippen molar-refractivity contribution in [3.8, 4) is 5.75 Å². The highest BCUT2D eigenvalue weighted by molar-refractivity contribution is 5.15. The van der Waals surface area contributed by atoms with Crippen LogP contribution in [0.15, 0.2) is 24.5 Å². The van der Waals surface area contributed by atoms with Crippen LogP contribution in [-0.4, -0.2) is 42.7 Å². The van der Waals surface area contributed by atoms with E-state index < -0.39 is 0 Å². The fraction of sp³-hybridized carbons (Fsp3) is 0.667. The number of likely N-dealkylation sites (tertiary alicyclic amines) is 1. The molecule has 1 atom stereocenters. The van der Waals surface area contributed by atoms with Crippen LogP contribution in [0.2, 0.25) is 0 Å². The fourth-order valence-corrected chi connectivity index (χ4v) is 2.77. The van der Waals surface area contributed by atoms with Crippen LogP contribution in [0.4, 0.5) is 0 Å². The molecular weight excluding hydrogens is 238 g/mol. The third-order valence-corrected chi connectivity index (χ3v) is 4.15. The molecule has 0 saturated carbocycles. The van der Waals surface area contributed by atoms with Gasteiger partial charge in [-0.3, -0.25) is 4.98 Å². The Kier molecular flexibility index (Phi) is 5.61. The number of aromatic nitrogens is 1. The Morgan fingerprint density at radius 1 is 1.47 bits per heavy atom. The summed E-state index contributed by atoms with van der Waals surface area (Å²) in [5, 5.41) is 0. The first kappa shape index (κ1) is 14.3. The largest absolute Gasteiger partial charge is 0.492 e. The number of pyridine rings is 1. The van der Waals surface area contributed by atoms with E-state index in [1.54, 1.807) is 12.4 Å². The zero-order chi connectivity index (χ0) is 13.5. The maximum absolute atomic E-state index is 5.93. The van der Waals surface area contributed by atoms with Gasteiger partial charge in [-0.15, -0.1) is 0 Å². The molecule has 2 N–H and O–H groups in total. The molecule has 4 heteroatoms. The Bertz CT molecular complexity index is 350. The van der Waals surface area contributed by atoms with Gasteiger partial charge in [0.2, 0.25) is 0 Å². The lowest BCUT2D eigenvalue weighted by Gasteiger charge is -2.35. The zero-order valence-electron chi connectivity index (χ0n) is 11.8. The minimum absolute atomic E-state index is 0.458. The molecule has 19 heavy (non-hydrogen) atoms. The average molecular weight is 263 g/mol. The van der Waals surface area contributed by atoms with E-state index >= 15 is 0 Å². The second-order valence-corrected chi connectivity index (χ2v) is 5.27. The maximum atomic E-state index is 5.93. The third-order valence-electron chi connectivity index (χ3n) is 4.15. The Hall–Kier alpha value is -1.13. The van der Waals surface area contributed by atoms with E-state index in [0.29, 0.717) is 25.0 Å². The summed E-state index contributed by atoms with van der Waals surface area (Å²) in [6.45, 7) is 7.20. The highest BCUT2D eigenvalue weighted by Crippen LogP contribution is 2.25. The Labute approximate surface area is 116 Å². The second kappa shape index (κ2) is 7.46. The van der Waals surface area contributed by atoms with Crippen LogP contribution in [0.3, 0.4) is 0 Å². The molecule has 106 valence electrons. The molecule has 1 aromatic rings. The van der Waals surface area contributed by atoms with Gasteiger partial charge in [-0.1, -0.05) is 6.92 Å². The van der Waals surface area contributed by atoms with Crippen LogP contribution in [0.1, 0.15) is 19.8 Å². The van der Waals surface area contributed by atoms with Gasteiger partial charge in [0, 0.05) is 12.1 Å². The quantitative estimate of drug-likeness (QED) is 0.850. The highest BCUT2D eigenvalue weighted by Gasteiger charge is 2.25. The minimum atomic E-state index is 0.458. The molecule has 4 nitrogen and oxygen atoms in total. The van der Waals surface area contributed by atoms with Crippen molar-refractivity contribution >= 4 is 0 Å². The van der Waals surface area contributed by atoms with E-state index in [-0.39, 0.29) is 0 Å². The van der Waals surface area contributed by atoms with Gasteiger partial charge >= 0.3 is 0 Å². The Balaban J connectivity index is 1.80. The monoisotopic (exact) mass is 263 g/mol. The van der Waals surface area contributed by atoms with Gasteiger partial charge in [0.25, 0.3) is 0 Å². The third kappa shape index (κ3) is 4.18. The fourth-order valence-electron chi connectivity index (χ4n) is 2.77. The van der Waals surface area contributed by atoms with Crippen molar-refractivity contribution in [2.75, 3.05) is 32.8 Å². The Morgan fingerprint density at radius 3 is 2.84 bits per heavy atom. The highest BCUT2D eigenvalue weighted by atomic mass is 16.5. The van der Waals surface area contributed by atoms with Crippen LogP contribution >= 0.6 is 0 Å². The van der Waals surface area contributed by atoms with E-state index in [1.807, 2.05) is 12.1 Å². The normalized spacial score (nSPS) is 19.3. The van der Waals surface area contributed by atoms with E-state index in [4.69, 9.17) is 10.5 Å². The molecule has 1 saturated heterocycles. The van der Waals surface area contributed by atoms with Crippen LogP contribution in [0.25, 0.3) is 0 Å². The van der Waals surface area contributed by atoms with Crippen molar-refractivity contribution in [1.29, 1.82) is 0 Å². The molecule has 1 aliphatic rings. The molecular formula is C15H25N3O. The first-order chi connectivity index (χ1) is 9.33. The zero-order valence-corrected chi connectivity index (χ0v) is 11.8. The van der Waals surface area contributed by atoms with Gasteiger partial charge < -0.3 is 15.4 Å². The average Bonchev–Trinajstić information content (AvgIpc) is 2.49. The van der Waals surface area contributed by atoms with Crippen molar-refractivity contribution in [2.24, 2.45) is 17.6 Å². The van der Waals surface area contributed by atoms with Gasteiger partial charge in [0.05, 0.1) is 12.8 Å². The SMILES string of the molecule is CCN1CCC(C(CN)COc2cccnc2)CC1. The van der Waals surface area contributed by atoms with Crippen molar-refractivity contribution < 1.29 is 4.74 Å². The summed E-state index contributed by atoms with van der Waals surface area (Å²) in [5.74, 6) is 2.00. The summed E-state index contributed by atoms with van der Waals surface area (Å²) >= 11 is 0. The summed E-state index contributed by atoms with van der Waals surface area (Å²) in [6.07, 6.45) is 6.00. The smallest absolute Gasteiger partial charge is 0.137 e. The van der Waals surface area contributed by atoms with E-state index in [0.717, 1.165) is 12.3 Å². The van der Waals surface area contributed by atoms with Gasteiger partial charge in [-0.25, -0.2) is 0 Å². The second-order valence-electron chi connectivity index (χ2n) is 5.27. The summed E-state index contributed by atoms with van der Waals surface area (Å²) < 4.78 is 5.81. The van der Waals surface area contributed by atoms with Crippen molar-refractivity contribution in [3.05, 3.63) is 24.5 Å². The first-order valence-electron chi connectivity index (χ1n) is 7.28. The molecule has 0 aliphatic carbocycles. The molecule has 0 amide bonds. The molecule has 0 radical (unpaired) electrons. The van der Waals surface area contributed by atoms with Gasteiger partial charge in [-0.2, -0.15) is 0 Å².